The molecule has 32 heavy (non-hydrogen) atoms. The summed E-state index contributed by atoms with van der Waals surface area (Å²) in [5, 5.41) is 0. The molecule has 0 aliphatic rings. The first-order valence-electron chi connectivity index (χ1n) is 14.4. The van der Waals surface area contributed by atoms with Crippen LogP contribution in [-0.4, -0.2) is 12.1 Å². The summed E-state index contributed by atoms with van der Waals surface area (Å²) in [6, 6.07) is 0. The molecule has 1 unspecified atom stereocenters. The predicted octanol–water partition coefficient (Wildman–Crippen LogP) is 10.4. The molecule has 0 aromatic carbocycles. The van der Waals surface area contributed by atoms with Crippen molar-refractivity contribution in [2.75, 3.05) is 0 Å². The SMILES string of the molecule is CCCCCCCCCCCC(CCCCCC(C)C)OC(=O)CCCCCC(C)(C)C. The lowest BCUT2D eigenvalue weighted by molar-refractivity contribution is -0.150. The first-order valence-corrected chi connectivity index (χ1v) is 14.4. The molecule has 2 nitrogen and oxygen atoms in total. The molecule has 0 heterocycles. The van der Waals surface area contributed by atoms with Crippen molar-refractivity contribution in [2.24, 2.45) is 11.3 Å². The van der Waals surface area contributed by atoms with Crippen molar-refractivity contribution in [1.82, 2.24) is 0 Å². The fourth-order valence-electron chi connectivity index (χ4n) is 4.39. The van der Waals surface area contributed by atoms with E-state index in [0.717, 1.165) is 31.6 Å². The van der Waals surface area contributed by atoms with Gasteiger partial charge in [0.2, 0.25) is 0 Å². The molecule has 0 aromatic rings. The molecular formula is C30H60O2. The number of hydrogen-bond donors (Lipinski definition) is 0. The first kappa shape index (κ1) is 31.5. The highest BCUT2D eigenvalue weighted by atomic mass is 16.5. The number of unbranched alkanes of at least 4 members (excludes halogenated alkanes) is 12. The third kappa shape index (κ3) is 24.1. The van der Waals surface area contributed by atoms with Gasteiger partial charge in [-0.05, 0) is 49.9 Å². The molecule has 0 N–H and O–H groups in total. The summed E-state index contributed by atoms with van der Waals surface area (Å²) >= 11 is 0. The minimum atomic E-state index is 0.0452. The van der Waals surface area contributed by atoms with E-state index in [-0.39, 0.29) is 12.1 Å². The summed E-state index contributed by atoms with van der Waals surface area (Å²) in [6.45, 7) is 13.8. The number of hydrogen-bond acceptors (Lipinski definition) is 2. The van der Waals surface area contributed by atoms with E-state index in [0.29, 0.717) is 11.8 Å². The van der Waals surface area contributed by atoms with Gasteiger partial charge in [0.25, 0.3) is 0 Å². The van der Waals surface area contributed by atoms with Gasteiger partial charge in [-0.15, -0.1) is 0 Å². The molecule has 0 radical (unpaired) electrons. The average molecular weight is 453 g/mol. The van der Waals surface area contributed by atoms with Gasteiger partial charge in [-0.3, -0.25) is 4.79 Å². The lowest BCUT2D eigenvalue weighted by atomic mass is 9.89. The molecule has 0 spiro atoms. The van der Waals surface area contributed by atoms with Crippen LogP contribution in [0.2, 0.25) is 0 Å². The van der Waals surface area contributed by atoms with Gasteiger partial charge in [-0.2, -0.15) is 0 Å². The number of ether oxygens (including phenoxy) is 1. The van der Waals surface area contributed by atoms with Crippen LogP contribution in [0.15, 0.2) is 0 Å². The molecule has 2 heteroatoms. The Bertz CT molecular complexity index is 408. The third-order valence-electron chi connectivity index (χ3n) is 6.54. The molecule has 0 aromatic heterocycles. The maximum atomic E-state index is 12.4. The first-order chi connectivity index (χ1) is 15.2. The van der Waals surface area contributed by atoms with Gasteiger partial charge in [-0.1, -0.05) is 125 Å². The standard InChI is InChI=1S/C30H60O2/c1-7-8-9-10-11-12-13-14-18-23-28(24-19-15-17-22-27(2)3)32-29(31)25-20-16-21-26-30(4,5)6/h27-28H,7-26H2,1-6H3. The molecule has 0 aliphatic carbocycles. The highest BCUT2D eigenvalue weighted by molar-refractivity contribution is 5.69. The van der Waals surface area contributed by atoms with E-state index in [9.17, 15) is 4.79 Å². The van der Waals surface area contributed by atoms with Crippen molar-refractivity contribution < 1.29 is 9.53 Å². The topological polar surface area (TPSA) is 26.3 Å². The van der Waals surface area contributed by atoms with E-state index < -0.39 is 0 Å². The summed E-state index contributed by atoms with van der Waals surface area (Å²) in [5.74, 6) is 0.841. The fraction of sp³-hybridized carbons (Fsp3) is 0.967. The van der Waals surface area contributed by atoms with Crippen LogP contribution in [0, 0.1) is 11.3 Å². The van der Waals surface area contributed by atoms with Gasteiger partial charge in [0.05, 0.1) is 0 Å². The van der Waals surface area contributed by atoms with Crippen molar-refractivity contribution >= 4 is 5.97 Å². The monoisotopic (exact) mass is 452 g/mol. The molecule has 0 bridgehead atoms. The predicted molar refractivity (Wildman–Crippen MR) is 142 cm³/mol. The maximum Gasteiger partial charge on any atom is 0.306 e. The van der Waals surface area contributed by atoms with Crippen LogP contribution in [0.25, 0.3) is 0 Å². The lowest BCUT2D eigenvalue weighted by Gasteiger charge is -2.19. The van der Waals surface area contributed by atoms with Crippen molar-refractivity contribution in [1.29, 1.82) is 0 Å². The minimum absolute atomic E-state index is 0.0452. The Labute approximate surface area is 203 Å². The largest absolute Gasteiger partial charge is 0.462 e. The Morgan fingerprint density at radius 3 is 1.66 bits per heavy atom. The Kier molecular flexibility index (Phi) is 20.7. The van der Waals surface area contributed by atoms with Crippen LogP contribution in [-0.2, 0) is 9.53 Å². The normalized spacial score (nSPS) is 13.0. The molecule has 192 valence electrons. The molecule has 0 saturated heterocycles. The van der Waals surface area contributed by atoms with Gasteiger partial charge in [0.15, 0.2) is 0 Å². The summed E-state index contributed by atoms with van der Waals surface area (Å²) < 4.78 is 5.96. The van der Waals surface area contributed by atoms with E-state index in [1.165, 1.54) is 96.3 Å². The maximum absolute atomic E-state index is 12.4. The van der Waals surface area contributed by atoms with E-state index in [4.69, 9.17) is 4.74 Å². The molecule has 0 amide bonds. The van der Waals surface area contributed by atoms with Crippen LogP contribution in [0.4, 0.5) is 0 Å². The molecule has 0 rings (SSSR count). The summed E-state index contributed by atoms with van der Waals surface area (Å²) in [4.78, 5) is 12.4. The van der Waals surface area contributed by atoms with Gasteiger partial charge in [0, 0.05) is 6.42 Å². The van der Waals surface area contributed by atoms with Crippen LogP contribution >= 0.6 is 0 Å². The van der Waals surface area contributed by atoms with Gasteiger partial charge >= 0.3 is 5.97 Å². The summed E-state index contributed by atoms with van der Waals surface area (Å²) in [5.41, 5.74) is 0.399. The van der Waals surface area contributed by atoms with Gasteiger partial charge in [-0.25, -0.2) is 0 Å². The average Bonchev–Trinajstić information content (AvgIpc) is 2.70. The fourth-order valence-corrected chi connectivity index (χ4v) is 4.39. The Balaban J connectivity index is 4.09. The smallest absolute Gasteiger partial charge is 0.306 e. The second kappa shape index (κ2) is 21.0. The molecular weight excluding hydrogens is 392 g/mol. The van der Waals surface area contributed by atoms with E-state index in [2.05, 4.69) is 41.5 Å². The second-order valence-electron chi connectivity index (χ2n) is 11.9. The third-order valence-corrected chi connectivity index (χ3v) is 6.54. The highest BCUT2D eigenvalue weighted by Gasteiger charge is 2.15. The number of carbonyl (C=O) groups is 1. The second-order valence-corrected chi connectivity index (χ2v) is 11.9. The molecule has 0 saturated carbocycles. The zero-order valence-electron chi connectivity index (χ0n) is 23.1. The number of carbonyl (C=O) groups excluding carboxylic acids is 1. The van der Waals surface area contributed by atoms with E-state index in [1.807, 2.05) is 0 Å². The zero-order chi connectivity index (χ0) is 24.1. The molecule has 0 fully saturated rings. The summed E-state index contributed by atoms with van der Waals surface area (Å²) in [6.07, 6.45) is 24.7. The molecule has 0 aliphatic heterocycles. The van der Waals surface area contributed by atoms with E-state index in [1.54, 1.807) is 0 Å². The van der Waals surface area contributed by atoms with Crippen LogP contribution in [0.5, 0.6) is 0 Å². The minimum Gasteiger partial charge on any atom is -0.462 e. The van der Waals surface area contributed by atoms with Crippen molar-refractivity contribution in [3.05, 3.63) is 0 Å². The quantitative estimate of drug-likeness (QED) is 0.121. The van der Waals surface area contributed by atoms with Crippen molar-refractivity contribution in [3.63, 3.8) is 0 Å². The number of rotatable bonds is 22. The van der Waals surface area contributed by atoms with Gasteiger partial charge in [0.1, 0.15) is 6.10 Å². The number of esters is 1. The molecule has 1 atom stereocenters. The van der Waals surface area contributed by atoms with Crippen LogP contribution < -0.4 is 0 Å². The van der Waals surface area contributed by atoms with Crippen LogP contribution in [0.1, 0.15) is 170 Å². The van der Waals surface area contributed by atoms with Crippen molar-refractivity contribution in [3.8, 4) is 0 Å². The Hall–Kier alpha value is -0.530. The zero-order valence-corrected chi connectivity index (χ0v) is 23.1. The summed E-state index contributed by atoms with van der Waals surface area (Å²) in [7, 11) is 0. The Morgan fingerprint density at radius 2 is 1.12 bits per heavy atom. The highest BCUT2D eigenvalue weighted by Crippen LogP contribution is 2.23. The van der Waals surface area contributed by atoms with E-state index >= 15 is 0 Å². The van der Waals surface area contributed by atoms with Gasteiger partial charge < -0.3 is 4.74 Å². The lowest BCUT2D eigenvalue weighted by Crippen LogP contribution is -2.18. The Morgan fingerprint density at radius 1 is 0.656 bits per heavy atom. The van der Waals surface area contributed by atoms with Crippen LogP contribution in [0.3, 0.4) is 0 Å². The van der Waals surface area contributed by atoms with Crippen molar-refractivity contribution in [2.45, 2.75) is 176 Å².